The molecule has 0 aliphatic heterocycles. The summed E-state index contributed by atoms with van der Waals surface area (Å²) in [4.78, 5) is 0. The molecule has 2 atom stereocenters. The Labute approximate surface area is 90.3 Å². The van der Waals surface area contributed by atoms with Gasteiger partial charge in [-0.3, -0.25) is 0 Å². The Morgan fingerprint density at radius 2 is 2.00 bits per heavy atom. The summed E-state index contributed by atoms with van der Waals surface area (Å²) >= 11 is 0. The van der Waals surface area contributed by atoms with Gasteiger partial charge < -0.3 is 16.2 Å². The Hall–Kier alpha value is -1.22. The summed E-state index contributed by atoms with van der Waals surface area (Å²) in [6, 6.07) is 7.70. The second-order valence-corrected chi connectivity index (χ2v) is 4.26. The molecule has 2 rings (SSSR count). The molecule has 0 bridgehead atoms. The zero-order valence-corrected chi connectivity index (χ0v) is 8.82. The number of anilines is 2. The fourth-order valence-electron chi connectivity index (χ4n) is 2.11. The summed E-state index contributed by atoms with van der Waals surface area (Å²) in [7, 11) is 0. The highest BCUT2D eigenvalue weighted by atomic mass is 16.3. The largest absolute Gasteiger partial charge is 0.399 e. The molecule has 1 fully saturated rings. The van der Waals surface area contributed by atoms with Gasteiger partial charge in [-0.1, -0.05) is 6.42 Å². The highest BCUT2D eigenvalue weighted by Crippen LogP contribution is 2.25. The maximum Gasteiger partial charge on any atom is 0.0585 e. The van der Waals surface area contributed by atoms with Gasteiger partial charge in [-0.05, 0) is 37.1 Å². The van der Waals surface area contributed by atoms with Crippen molar-refractivity contribution in [3.8, 4) is 0 Å². The number of benzene rings is 1. The molecule has 0 spiro atoms. The van der Waals surface area contributed by atoms with E-state index in [1.165, 1.54) is 0 Å². The molecule has 82 valence electrons. The van der Waals surface area contributed by atoms with Crippen LogP contribution in [0.15, 0.2) is 24.3 Å². The molecule has 0 amide bonds. The molecule has 4 N–H and O–H groups in total. The Morgan fingerprint density at radius 3 is 2.60 bits per heavy atom. The quantitative estimate of drug-likeness (QED) is 0.661. The van der Waals surface area contributed by atoms with Crippen LogP contribution in [0.25, 0.3) is 0 Å². The fraction of sp³-hybridized carbons (Fsp3) is 0.500. The van der Waals surface area contributed by atoms with Gasteiger partial charge in [0.1, 0.15) is 0 Å². The summed E-state index contributed by atoms with van der Waals surface area (Å²) in [5.74, 6) is 0.405. The van der Waals surface area contributed by atoms with E-state index in [4.69, 9.17) is 5.73 Å². The van der Waals surface area contributed by atoms with E-state index < -0.39 is 0 Å². The second kappa shape index (κ2) is 4.53. The van der Waals surface area contributed by atoms with Crippen molar-refractivity contribution in [3.05, 3.63) is 24.3 Å². The molecular weight excluding hydrogens is 188 g/mol. The van der Waals surface area contributed by atoms with Gasteiger partial charge in [-0.25, -0.2) is 0 Å². The lowest BCUT2D eigenvalue weighted by atomic mass is 10.1. The summed E-state index contributed by atoms with van der Waals surface area (Å²) in [5.41, 5.74) is 7.45. The van der Waals surface area contributed by atoms with Gasteiger partial charge in [-0.15, -0.1) is 0 Å². The minimum atomic E-state index is -0.119. The molecule has 15 heavy (non-hydrogen) atoms. The van der Waals surface area contributed by atoms with Gasteiger partial charge in [0, 0.05) is 23.8 Å². The third kappa shape index (κ3) is 2.63. The number of nitrogens with one attached hydrogen (secondary N) is 1. The topological polar surface area (TPSA) is 58.3 Å². The standard InChI is InChI=1S/C12H18N2O/c13-10-4-6-11(7-5-10)14-8-9-2-1-3-12(9)15/h4-7,9,12,14-15H,1-3,8,13H2. The number of nitrogens with two attached hydrogens (primary N) is 1. The lowest BCUT2D eigenvalue weighted by Gasteiger charge is -2.15. The molecule has 0 radical (unpaired) electrons. The molecule has 1 saturated carbocycles. The highest BCUT2D eigenvalue weighted by Gasteiger charge is 2.24. The van der Waals surface area contributed by atoms with Gasteiger partial charge in [-0.2, -0.15) is 0 Å². The smallest absolute Gasteiger partial charge is 0.0585 e. The molecule has 3 heteroatoms. The van der Waals surface area contributed by atoms with E-state index in [1.807, 2.05) is 24.3 Å². The Bertz CT molecular complexity index is 310. The first-order valence-corrected chi connectivity index (χ1v) is 5.53. The Kier molecular flexibility index (Phi) is 3.11. The van der Waals surface area contributed by atoms with Crippen LogP contribution in [0.3, 0.4) is 0 Å². The van der Waals surface area contributed by atoms with Crippen molar-refractivity contribution in [1.29, 1.82) is 0 Å². The van der Waals surface area contributed by atoms with Crippen LogP contribution in [-0.2, 0) is 0 Å². The minimum Gasteiger partial charge on any atom is -0.399 e. The summed E-state index contributed by atoms with van der Waals surface area (Å²) in [6.07, 6.45) is 3.11. The number of rotatable bonds is 3. The van der Waals surface area contributed by atoms with Crippen molar-refractivity contribution < 1.29 is 5.11 Å². The van der Waals surface area contributed by atoms with Crippen LogP contribution in [-0.4, -0.2) is 17.8 Å². The van der Waals surface area contributed by atoms with Crippen LogP contribution in [0.2, 0.25) is 0 Å². The SMILES string of the molecule is Nc1ccc(NCC2CCCC2O)cc1. The van der Waals surface area contributed by atoms with Crippen LogP contribution in [0.5, 0.6) is 0 Å². The monoisotopic (exact) mass is 206 g/mol. The summed E-state index contributed by atoms with van der Waals surface area (Å²) in [6.45, 7) is 0.852. The van der Waals surface area contributed by atoms with Crippen molar-refractivity contribution in [3.63, 3.8) is 0 Å². The zero-order chi connectivity index (χ0) is 10.7. The minimum absolute atomic E-state index is 0.119. The van der Waals surface area contributed by atoms with E-state index in [2.05, 4.69) is 5.32 Å². The number of hydrogen-bond donors (Lipinski definition) is 3. The van der Waals surface area contributed by atoms with Crippen molar-refractivity contribution in [1.82, 2.24) is 0 Å². The average molecular weight is 206 g/mol. The van der Waals surface area contributed by atoms with Crippen molar-refractivity contribution >= 4 is 11.4 Å². The second-order valence-electron chi connectivity index (χ2n) is 4.26. The van der Waals surface area contributed by atoms with Crippen molar-refractivity contribution in [2.24, 2.45) is 5.92 Å². The molecule has 1 aliphatic rings. The first kappa shape index (κ1) is 10.3. The number of nitrogen functional groups attached to an aromatic ring is 1. The van der Waals surface area contributed by atoms with Crippen LogP contribution < -0.4 is 11.1 Å². The Morgan fingerprint density at radius 1 is 1.27 bits per heavy atom. The fourth-order valence-corrected chi connectivity index (χ4v) is 2.11. The highest BCUT2D eigenvalue weighted by molar-refractivity contribution is 5.51. The van der Waals surface area contributed by atoms with Crippen molar-refractivity contribution in [2.45, 2.75) is 25.4 Å². The Balaban J connectivity index is 1.85. The molecule has 1 aromatic rings. The summed E-state index contributed by atoms with van der Waals surface area (Å²) in [5, 5.41) is 13.0. The third-order valence-corrected chi connectivity index (χ3v) is 3.10. The molecular formula is C12H18N2O. The van der Waals surface area contributed by atoms with Gasteiger partial charge in [0.15, 0.2) is 0 Å². The predicted octanol–water partition coefficient (Wildman–Crippen LogP) is 1.84. The maximum absolute atomic E-state index is 9.65. The molecule has 3 nitrogen and oxygen atoms in total. The molecule has 0 saturated heterocycles. The van der Waals surface area contributed by atoms with Gasteiger partial charge >= 0.3 is 0 Å². The maximum atomic E-state index is 9.65. The summed E-state index contributed by atoms with van der Waals surface area (Å²) < 4.78 is 0. The van der Waals surface area contributed by atoms with Crippen LogP contribution >= 0.6 is 0 Å². The number of aliphatic hydroxyl groups is 1. The normalized spacial score (nSPS) is 25.4. The average Bonchev–Trinajstić information content (AvgIpc) is 2.63. The molecule has 1 aliphatic carbocycles. The first-order chi connectivity index (χ1) is 7.25. The van der Waals surface area contributed by atoms with Crippen molar-refractivity contribution in [2.75, 3.05) is 17.6 Å². The first-order valence-electron chi connectivity index (χ1n) is 5.53. The van der Waals surface area contributed by atoms with E-state index >= 15 is 0 Å². The van der Waals surface area contributed by atoms with Crippen LogP contribution in [0.4, 0.5) is 11.4 Å². The van der Waals surface area contributed by atoms with Gasteiger partial charge in [0.05, 0.1) is 6.10 Å². The lowest BCUT2D eigenvalue weighted by molar-refractivity contribution is 0.138. The lowest BCUT2D eigenvalue weighted by Crippen LogP contribution is -2.21. The molecule has 0 aromatic heterocycles. The third-order valence-electron chi connectivity index (χ3n) is 3.10. The van der Waals surface area contributed by atoms with Crippen LogP contribution in [0.1, 0.15) is 19.3 Å². The van der Waals surface area contributed by atoms with Gasteiger partial charge in [0.2, 0.25) is 0 Å². The molecule has 1 aromatic carbocycles. The molecule has 2 unspecified atom stereocenters. The van der Waals surface area contributed by atoms with E-state index in [9.17, 15) is 5.11 Å². The van der Waals surface area contributed by atoms with Gasteiger partial charge in [0.25, 0.3) is 0 Å². The number of aliphatic hydroxyl groups excluding tert-OH is 1. The van der Waals surface area contributed by atoms with E-state index in [0.717, 1.165) is 37.2 Å². The zero-order valence-electron chi connectivity index (χ0n) is 8.82. The van der Waals surface area contributed by atoms with Crippen LogP contribution in [0, 0.1) is 5.92 Å². The van der Waals surface area contributed by atoms with E-state index in [0.29, 0.717) is 5.92 Å². The van der Waals surface area contributed by atoms with E-state index in [-0.39, 0.29) is 6.10 Å². The number of hydrogen-bond acceptors (Lipinski definition) is 3. The van der Waals surface area contributed by atoms with E-state index in [1.54, 1.807) is 0 Å². The predicted molar refractivity (Wildman–Crippen MR) is 62.7 cm³/mol. The molecule has 0 heterocycles.